The van der Waals surface area contributed by atoms with E-state index in [4.69, 9.17) is 0 Å². The van der Waals surface area contributed by atoms with E-state index in [1.165, 1.54) is 89.9 Å². The predicted octanol–water partition coefficient (Wildman–Crippen LogP) is 8.47. The Kier molecular flexibility index (Phi) is 7.44. The third-order valence-corrected chi connectivity index (χ3v) is 7.02. The predicted molar refractivity (Wildman–Crippen MR) is 111 cm³/mol. The zero-order valence-corrected chi connectivity index (χ0v) is 16.9. The average Bonchev–Trinajstić information content (AvgIpc) is 2.70. The fourth-order valence-electron chi connectivity index (χ4n) is 5.34. The van der Waals surface area contributed by atoms with E-state index in [-0.39, 0.29) is 0 Å². The summed E-state index contributed by atoms with van der Waals surface area (Å²) >= 11 is 0. The van der Waals surface area contributed by atoms with E-state index in [9.17, 15) is 0 Å². The van der Waals surface area contributed by atoms with Crippen molar-refractivity contribution >= 4 is 0 Å². The molecule has 1 aromatic rings. The van der Waals surface area contributed by atoms with Crippen molar-refractivity contribution in [2.75, 3.05) is 0 Å². The van der Waals surface area contributed by atoms with Gasteiger partial charge in [0.1, 0.15) is 0 Å². The van der Waals surface area contributed by atoms with Gasteiger partial charge in [-0.15, -0.1) is 0 Å². The number of unbranched alkanes of at least 4 members (excludes halogenated alkanes) is 1. The van der Waals surface area contributed by atoms with E-state index >= 15 is 0 Å². The van der Waals surface area contributed by atoms with Gasteiger partial charge >= 0.3 is 0 Å². The molecule has 140 valence electrons. The smallest absolute Gasteiger partial charge is 0.0162 e. The van der Waals surface area contributed by atoms with E-state index in [1.807, 2.05) is 0 Å². The molecule has 3 rings (SSSR count). The van der Waals surface area contributed by atoms with Crippen LogP contribution < -0.4 is 0 Å². The van der Waals surface area contributed by atoms with Crippen LogP contribution in [0.25, 0.3) is 0 Å². The quantitative estimate of drug-likeness (QED) is 0.467. The summed E-state index contributed by atoms with van der Waals surface area (Å²) in [5, 5.41) is 0. The van der Waals surface area contributed by atoms with Crippen molar-refractivity contribution in [3.05, 3.63) is 34.9 Å². The Balaban J connectivity index is 1.88. The van der Waals surface area contributed by atoms with E-state index in [0.717, 1.165) is 17.8 Å². The number of benzene rings is 1. The molecular formula is C25H40. The Bertz CT molecular complexity index is 467. The minimum Gasteiger partial charge on any atom is -0.0654 e. The molecular weight excluding hydrogens is 300 g/mol. The van der Waals surface area contributed by atoms with Gasteiger partial charge in [-0.3, -0.25) is 0 Å². The molecule has 0 nitrogen and oxygen atoms in total. The minimum atomic E-state index is 0.783. The molecule has 2 aliphatic carbocycles. The highest BCUT2D eigenvalue weighted by Crippen LogP contribution is 2.40. The second-order valence-electron chi connectivity index (χ2n) is 8.85. The highest BCUT2D eigenvalue weighted by Gasteiger charge is 2.22. The van der Waals surface area contributed by atoms with Crippen molar-refractivity contribution in [3.63, 3.8) is 0 Å². The van der Waals surface area contributed by atoms with Crippen LogP contribution in [0.4, 0.5) is 0 Å². The summed E-state index contributed by atoms with van der Waals surface area (Å²) in [6.07, 6.45) is 19.8. The minimum absolute atomic E-state index is 0.783. The van der Waals surface area contributed by atoms with Crippen LogP contribution in [0.5, 0.6) is 0 Å². The summed E-state index contributed by atoms with van der Waals surface area (Å²) in [6, 6.07) is 7.90. The number of rotatable bonds is 7. The van der Waals surface area contributed by atoms with E-state index < -0.39 is 0 Å². The lowest BCUT2D eigenvalue weighted by atomic mass is 9.77. The monoisotopic (exact) mass is 340 g/mol. The Morgan fingerprint density at radius 3 is 1.72 bits per heavy atom. The van der Waals surface area contributed by atoms with Crippen molar-refractivity contribution in [1.82, 2.24) is 0 Å². The summed E-state index contributed by atoms with van der Waals surface area (Å²) < 4.78 is 0. The molecule has 0 aromatic heterocycles. The summed E-state index contributed by atoms with van der Waals surface area (Å²) in [5.74, 6) is 2.48. The van der Waals surface area contributed by atoms with Crippen LogP contribution in [0.3, 0.4) is 0 Å². The van der Waals surface area contributed by atoms with Gasteiger partial charge in [0.25, 0.3) is 0 Å². The van der Waals surface area contributed by atoms with Crippen LogP contribution in [0, 0.1) is 0 Å². The van der Waals surface area contributed by atoms with Gasteiger partial charge < -0.3 is 0 Å². The van der Waals surface area contributed by atoms with Gasteiger partial charge in [-0.1, -0.05) is 83.4 Å². The highest BCUT2D eigenvalue weighted by molar-refractivity contribution is 5.36. The molecule has 2 fully saturated rings. The number of hydrogen-bond acceptors (Lipinski definition) is 0. The molecule has 0 spiro atoms. The molecule has 25 heavy (non-hydrogen) atoms. The maximum Gasteiger partial charge on any atom is -0.0162 e. The van der Waals surface area contributed by atoms with Crippen molar-refractivity contribution in [1.29, 1.82) is 0 Å². The topological polar surface area (TPSA) is 0 Å². The zero-order valence-electron chi connectivity index (χ0n) is 16.9. The van der Waals surface area contributed by atoms with Crippen molar-refractivity contribution in [2.24, 2.45) is 0 Å². The zero-order chi connectivity index (χ0) is 17.5. The molecule has 2 saturated carbocycles. The first kappa shape index (κ1) is 19.0. The van der Waals surface area contributed by atoms with E-state index in [0.29, 0.717) is 0 Å². The van der Waals surface area contributed by atoms with Gasteiger partial charge in [0.2, 0.25) is 0 Å². The Labute approximate surface area is 156 Å². The molecule has 0 N–H and O–H groups in total. The second-order valence-corrected chi connectivity index (χ2v) is 8.85. The van der Waals surface area contributed by atoms with Crippen LogP contribution in [-0.2, 0) is 0 Å². The molecule has 2 aliphatic rings. The summed E-state index contributed by atoms with van der Waals surface area (Å²) in [6.45, 7) is 4.73. The van der Waals surface area contributed by atoms with Crippen LogP contribution in [0.15, 0.2) is 18.2 Å². The van der Waals surface area contributed by atoms with Crippen LogP contribution in [-0.4, -0.2) is 0 Å². The van der Waals surface area contributed by atoms with Crippen LogP contribution >= 0.6 is 0 Å². The summed E-state index contributed by atoms with van der Waals surface area (Å²) in [4.78, 5) is 0. The van der Waals surface area contributed by atoms with Crippen LogP contribution in [0.2, 0.25) is 0 Å². The highest BCUT2D eigenvalue weighted by atomic mass is 14.3. The molecule has 0 heteroatoms. The second kappa shape index (κ2) is 9.79. The van der Waals surface area contributed by atoms with Gasteiger partial charge in [-0.05, 0) is 73.0 Å². The molecule has 0 amide bonds. The summed E-state index contributed by atoms with van der Waals surface area (Å²) in [7, 11) is 0. The average molecular weight is 341 g/mol. The largest absolute Gasteiger partial charge is 0.0654 e. The van der Waals surface area contributed by atoms with Gasteiger partial charge in [-0.25, -0.2) is 0 Å². The lowest BCUT2D eigenvalue weighted by molar-refractivity contribution is 0.434. The summed E-state index contributed by atoms with van der Waals surface area (Å²) in [5.41, 5.74) is 5.08. The van der Waals surface area contributed by atoms with E-state index in [2.05, 4.69) is 32.0 Å². The third-order valence-electron chi connectivity index (χ3n) is 7.02. The SMILES string of the molecule is CCCCC(CC)c1cc(C2CCCCC2)cc(C2CCCCC2)c1. The van der Waals surface area contributed by atoms with Gasteiger partial charge in [0.15, 0.2) is 0 Å². The lowest BCUT2D eigenvalue weighted by Gasteiger charge is -2.28. The normalized spacial score (nSPS) is 21.4. The fourth-order valence-corrected chi connectivity index (χ4v) is 5.34. The molecule has 0 heterocycles. The molecule has 1 atom stereocenters. The molecule has 0 bridgehead atoms. The lowest BCUT2D eigenvalue weighted by Crippen LogP contribution is -2.10. The van der Waals surface area contributed by atoms with Gasteiger partial charge in [0, 0.05) is 0 Å². The Morgan fingerprint density at radius 1 is 0.760 bits per heavy atom. The Hall–Kier alpha value is -0.780. The van der Waals surface area contributed by atoms with Crippen LogP contribution in [0.1, 0.15) is 138 Å². The Morgan fingerprint density at radius 2 is 1.28 bits per heavy atom. The van der Waals surface area contributed by atoms with Gasteiger partial charge in [0.05, 0.1) is 0 Å². The maximum atomic E-state index is 2.64. The maximum absolute atomic E-state index is 2.64. The van der Waals surface area contributed by atoms with Crippen molar-refractivity contribution in [2.45, 2.75) is 121 Å². The van der Waals surface area contributed by atoms with Gasteiger partial charge in [-0.2, -0.15) is 0 Å². The first-order chi connectivity index (χ1) is 12.3. The third kappa shape index (κ3) is 5.11. The van der Waals surface area contributed by atoms with E-state index in [1.54, 1.807) is 16.7 Å². The van der Waals surface area contributed by atoms with Crippen molar-refractivity contribution in [3.8, 4) is 0 Å². The molecule has 1 unspecified atom stereocenters. The standard InChI is InChI=1S/C25H40/c1-3-5-12-20(4-2)23-17-24(21-13-8-6-9-14-21)19-25(18-23)22-15-10-7-11-16-22/h17-22H,3-16H2,1-2H3. The molecule has 0 saturated heterocycles. The molecule has 1 aromatic carbocycles. The molecule has 0 aliphatic heterocycles. The molecule has 0 radical (unpaired) electrons. The first-order valence-corrected chi connectivity index (χ1v) is 11.5. The number of hydrogen-bond donors (Lipinski definition) is 0. The van der Waals surface area contributed by atoms with Crippen molar-refractivity contribution < 1.29 is 0 Å². The first-order valence-electron chi connectivity index (χ1n) is 11.5. The fraction of sp³-hybridized carbons (Fsp3) is 0.760.